The normalized spacial score (nSPS) is 14.8. The van der Waals surface area contributed by atoms with Crippen molar-refractivity contribution < 1.29 is 9.13 Å². The van der Waals surface area contributed by atoms with E-state index in [0.717, 1.165) is 27.8 Å². The predicted octanol–water partition coefficient (Wildman–Crippen LogP) is 5.66. The zero-order valence-electron chi connectivity index (χ0n) is 10.3. The first-order valence-electron chi connectivity index (χ1n) is 6.11. The lowest BCUT2D eigenvalue weighted by Crippen LogP contribution is -2.00. The summed E-state index contributed by atoms with van der Waals surface area (Å²) in [5.74, 6) is 0.442. The van der Waals surface area contributed by atoms with Crippen LogP contribution in [0.15, 0.2) is 34.8 Å². The van der Waals surface area contributed by atoms with Gasteiger partial charge in [-0.2, -0.15) is 0 Å². The summed E-state index contributed by atoms with van der Waals surface area (Å²) >= 11 is 12.9. The fourth-order valence-corrected chi connectivity index (χ4v) is 3.77. The largest absolute Gasteiger partial charge is 0.493 e. The molecule has 1 heterocycles. The van der Waals surface area contributed by atoms with E-state index < -0.39 is 5.82 Å². The summed E-state index contributed by atoms with van der Waals surface area (Å²) in [6.45, 7) is 0.663. The zero-order valence-corrected chi connectivity index (χ0v) is 14.2. The van der Waals surface area contributed by atoms with E-state index in [-0.39, 0.29) is 9.85 Å². The highest BCUT2D eigenvalue weighted by Gasteiger charge is 2.25. The summed E-state index contributed by atoms with van der Waals surface area (Å²) in [5.41, 5.74) is 2.56. The van der Waals surface area contributed by atoms with Crippen molar-refractivity contribution in [1.82, 2.24) is 0 Å². The first-order chi connectivity index (χ1) is 9.58. The molecule has 0 spiro atoms. The van der Waals surface area contributed by atoms with Gasteiger partial charge in [-0.1, -0.05) is 55.6 Å². The van der Waals surface area contributed by atoms with Gasteiger partial charge in [0.15, 0.2) is 0 Å². The van der Waals surface area contributed by atoms with Crippen molar-refractivity contribution in [2.75, 3.05) is 6.61 Å². The van der Waals surface area contributed by atoms with Crippen LogP contribution in [0.25, 0.3) is 0 Å². The lowest BCUT2D eigenvalue weighted by molar-refractivity contribution is 0.354. The first kappa shape index (κ1) is 14.4. The Labute approximate surface area is 138 Å². The van der Waals surface area contributed by atoms with Gasteiger partial charge in [-0.05, 0) is 23.8 Å². The molecule has 0 aromatic heterocycles. The van der Waals surface area contributed by atoms with Crippen molar-refractivity contribution in [2.24, 2.45) is 0 Å². The Balaban J connectivity index is 2.11. The minimum absolute atomic E-state index is 0.125. The van der Waals surface area contributed by atoms with Crippen molar-refractivity contribution >= 4 is 43.5 Å². The third-order valence-corrected chi connectivity index (χ3v) is 5.04. The summed E-state index contributed by atoms with van der Waals surface area (Å²) in [6.07, 6.45) is 0.875. The molecule has 1 nitrogen and oxygen atoms in total. The van der Waals surface area contributed by atoms with Crippen LogP contribution in [0.5, 0.6) is 5.75 Å². The number of ether oxygens (including phenoxy) is 1. The summed E-state index contributed by atoms with van der Waals surface area (Å²) in [5, 5.41) is 0.125. The van der Waals surface area contributed by atoms with Crippen LogP contribution in [0.1, 0.15) is 21.5 Å². The molecule has 104 valence electrons. The summed E-state index contributed by atoms with van der Waals surface area (Å²) in [4.78, 5) is -0.300. The second-order valence-corrected chi connectivity index (χ2v) is 6.83. The zero-order chi connectivity index (χ0) is 14.3. The Morgan fingerprint density at radius 1 is 1.25 bits per heavy atom. The molecule has 2 aromatic carbocycles. The molecule has 3 rings (SSSR count). The van der Waals surface area contributed by atoms with Gasteiger partial charge in [0.05, 0.1) is 16.5 Å². The topological polar surface area (TPSA) is 9.23 Å². The molecule has 1 aliphatic rings. The van der Waals surface area contributed by atoms with Gasteiger partial charge in [-0.3, -0.25) is 0 Å². The summed E-state index contributed by atoms with van der Waals surface area (Å²) < 4.78 is 20.8. The molecule has 0 fully saturated rings. The molecule has 0 bridgehead atoms. The lowest BCUT2D eigenvalue weighted by Gasteiger charge is -2.16. The van der Waals surface area contributed by atoms with E-state index >= 15 is 0 Å². The Hall–Kier alpha value is -0.580. The maximum Gasteiger partial charge on any atom is 0.146 e. The van der Waals surface area contributed by atoms with Crippen LogP contribution in [0.4, 0.5) is 4.39 Å². The molecule has 5 heteroatoms. The standard InChI is InChI=1S/C15H10Br2ClFO/c16-9-6-8-4-5-20-15(8)11(7-9)13(17)10-2-1-3-12(18)14(10)19/h1-3,6-7,13H,4-5H2. The van der Waals surface area contributed by atoms with Gasteiger partial charge in [0.2, 0.25) is 0 Å². The average Bonchev–Trinajstić information content (AvgIpc) is 2.88. The van der Waals surface area contributed by atoms with Gasteiger partial charge in [0.1, 0.15) is 11.6 Å². The fraction of sp³-hybridized carbons (Fsp3) is 0.200. The monoisotopic (exact) mass is 418 g/mol. The number of hydrogen-bond acceptors (Lipinski definition) is 1. The molecule has 0 amide bonds. The minimum Gasteiger partial charge on any atom is -0.493 e. The van der Waals surface area contributed by atoms with Crippen LogP contribution in [0.3, 0.4) is 0 Å². The second kappa shape index (κ2) is 5.66. The van der Waals surface area contributed by atoms with E-state index in [9.17, 15) is 4.39 Å². The SMILES string of the molecule is Fc1c(Cl)cccc1C(Br)c1cc(Br)cc2c1OCC2. The molecule has 0 radical (unpaired) electrons. The van der Waals surface area contributed by atoms with E-state index in [1.165, 1.54) is 0 Å². The number of hydrogen-bond donors (Lipinski definition) is 0. The van der Waals surface area contributed by atoms with E-state index in [0.29, 0.717) is 12.2 Å². The van der Waals surface area contributed by atoms with Crippen LogP contribution in [-0.2, 0) is 6.42 Å². The van der Waals surface area contributed by atoms with Crippen molar-refractivity contribution in [2.45, 2.75) is 11.2 Å². The fourth-order valence-electron chi connectivity index (χ4n) is 2.37. The maximum absolute atomic E-state index is 14.2. The van der Waals surface area contributed by atoms with E-state index in [1.807, 2.05) is 12.1 Å². The van der Waals surface area contributed by atoms with Crippen molar-refractivity contribution in [3.05, 3.63) is 62.3 Å². The maximum atomic E-state index is 14.2. The Morgan fingerprint density at radius 2 is 2.05 bits per heavy atom. The van der Waals surface area contributed by atoms with Gasteiger partial charge in [0.25, 0.3) is 0 Å². The number of halogens is 4. The van der Waals surface area contributed by atoms with Crippen LogP contribution in [0.2, 0.25) is 5.02 Å². The van der Waals surface area contributed by atoms with Gasteiger partial charge >= 0.3 is 0 Å². The number of rotatable bonds is 2. The van der Waals surface area contributed by atoms with Gasteiger partial charge in [0, 0.05) is 22.0 Å². The van der Waals surface area contributed by atoms with Crippen molar-refractivity contribution in [1.29, 1.82) is 0 Å². The van der Waals surface area contributed by atoms with Crippen molar-refractivity contribution in [3.8, 4) is 5.75 Å². The summed E-state index contributed by atoms with van der Waals surface area (Å²) in [7, 11) is 0. The van der Waals surface area contributed by atoms with Gasteiger partial charge < -0.3 is 4.74 Å². The minimum atomic E-state index is -0.400. The Morgan fingerprint density at radius 3 is 2.85 bits per heavy atom. The Bertz CT molecular complexity index is 675. The second-order valence-electron chi connectivity index (χ2n) is 4.59. The molecule has 0 N–H and O–H groups in total. The quantitative estimate of drug-likeness (QED) is 0.570. The van der Waals surface area contributed by atoms with Gasteiger partial charge in [-0.25, -0.2) is 4.39 Å². The lowest BCUT2D eigenvalue weighted by atomic mass is 10.0. The molecule has 1 atom stereocenters. The van der Waals surface area contributed by atoms with E-state index in [4.69, 9.17) is 16.3 Å². The number of alkyl halides is 1. The molecule has 1 aliphatic heterocycles. The molecule has 0 saturated carbocycles. The summed E-state index contributed by atoms with van der Waals surface area (Å²) in [6, 6.07) is 9.00. The molecule has 20 heavy (non-hydrogen) atoms. The van der Waals surface area contributed by atoms with E-state index in [2.05, 4.69) is 31.9 Å². The van der Waals surface area contributed by atoms with Crippen molar-refractivity contribution in [3.63, 3.8) is 0 Å². The molecule has 1 unspecified atom stereocenters. The third-order valence-electron chi connectivity index (χ3n) is 3.30. The third kappa shape index (κ3) is 2.49. The average molecular weight is 421 g/mol. The number of benzene rings is 2. The first-order valence-corrected chi connectivity index (χ1v) is 8.19. The molecular formula is C15H10Br2ClFO. The molecule has 2 aromatic rings. The van der Waals surface area contributed by atoms with Crippen LogP contribution in [0, 0.1) is 5.82 Å². The highest BCUT2D eigenvalue weighted by molar-refractivity contribution is 9.10. The van der Waals surface area contributed by atoms with Gasteiger partial charge in [-0.15, -0.1) is 0 Å². The Kier molecular flexibility index (Phi) is 4.07. The molecule has 0 aliphatic carbocycles. The predicted molar refractivity (Wildman–Crippen MR) is 85.5 cm³/mol. The number of fused-ring (bicyclic) bond motifs is 1. The highest BCUT2D eigenvalue weighted by atomic mass is 79.9. The van der Waals surface area contributed by atoms with Crippen LogP contribution >= 0.6 is 43.5 Å². The van der Waals surface area contributed by atoms with Crippen LogP contribution in [-0.4, -0.2) is 6.61 Å². The van der Waals surface area contributed by atoms with E-state index in [1.54, 1.807) is 18.2 Å². The molecular weight excluding hydrogens is 410 g/mol. The molecule has 0 saturated heterocycles. The van der Waals surface area contributed by atoms with Crippen LogP contribution < -0.4 is 4.74 Å². The highest BCUT2D eigenvalue weighted by Crippen LogP contribution is 2.43. The smallest absolute Gasteiger partial charge is 0.146 e.